The highest BCUT2D eigenvalue weighted by atomic mass is 16.4. The van der Waals surface area contributed by atoms with E-state index in [2.05, 4.69) is 19.9 Å². The summed E-state index contributed by atoms with van der Waals surface area (Å²) in [6.45, 7) is 0. The second-order valence-electron chi connectivity index (χ2n) is 5.91. The summed E-state index contributed by atoms with van der Waals surface area (Å²) in [5, 5.41) is 18.6. The second-order valence-corrected chi connectivity index (χ2v) is 5.91. The Hall–Kier alpha value is -3.42. The lowest BCUT2D eigenvalue weighted by Crippen LogP contribution is -2.29. The molecule has 0 bridgehead atoms. The zero-order valence-corrected chi connectivity index (χ0v) is 14.3. The fourth-order valence-corrected chi connectivity index (χ4v) is 2.65. The SMILES string of the molecule is OB(O)c1ccc(-c2nc(-c3ccccc3)nc(-c3cccnc3)n2)cc1. The lowest BCUT2D eigenvalue weighted by Gasteiger charge is -2.08. The Labute approximate surface area is 156 Å². The summed E-state index contributed by atoms with van der Waals surface area (Å²) in [4.78, 5) is 17.9. The molecule has 0 unspecified atom stereocenters. The van der Waals surface area contributed by atoms with E-state index < -0.39 is 7.12 Å². The van der Waals surface area contributed by atoms with Crippen molar-refractivity contribution in [3.05, 3.63) is 79.1 Å². The maximum absolute atomic E-state index is 9.28. The molecule has 6 nitrogen and oxygen atoms in total. The molecule has 0 atom stereocenters. The van der Waals surface area contributed by atoms with E-state index in [-0.39, 0.29) is 0 Å². The van der Waals surface area contributed by atoms with Gasteiger partial charge in [0.15, 0.2) is 17.5 Å². The summed E-state index contributed by atoms with van der Waals surface area (Å²) in [5.41, 5.74) is 2.84. The van der Waals surface area contributed by atoms with Crippen LogP contribution in [0, 0.1) is 0 Å². The molecule has 0 fully saturated rings. The molecule has 0 radical (unpaired) electrons. The molecular formula is C20H15BN4O2. The molecule has 4 rings (SSSR count). The Morgan fingerprint density at radius 3 is 1.70 bits per heavy atom. The molecule has 0 aliphatic rings. The molecule has 2 aromatic heterocycles. The second kappa shape index (κ2) is 7.45. The van der Waals surface area contributed by atoms with Crippen LogP contribution >= 0.6 is 0 Å². The molecule has 0 saturated carbocycles. The van der Waals surface area contributed by atoms with Crippen LogP contribution in [0.15, 0.2) is 79.1 Å². The van der Waals surface area contributed by atoms with Crippen molar-refractivity contribution in [1.29, 1.82) is 0 Å². The van der Waals surface area contributed by atoms with Crippen molar-refractivity contribution in [2.75, 3.05) is 0 Å². The minimum atomic E-state index is -1.51. The summed E-state index contributed by atoms with van der Waals surface area (Å²) in [7, 11) is -1.51. The Kier molecular flexibility index (Phi) is 4.70. The van der Waals surface area contributed by atoms with Crippen molar-refractivity contribution in [2.45, 2.75) is 0 Å². The van der Waals surface area contributed by atoms with Crippen LogP contribution in [0.5, 0.6) is 0 Å². The van der Waals surface area contributed by atoms with E-state index in [4.69, 9.17) is 0 Å². The van der Waals surface area contributed by atoms with Gasteiger partial charge in [0, 0.05) is 29.1 Å². The summed E-state index contributed by atoms with van der Waals surface area (Å²) >= 11 is 0. The maximum Gasteiger partial charge on any atom is 0.488 e. The normalized spacial score (nSPS) is 10.6. The van der Waals surface area contributed by atoms with Crippen LogP contribution in [-0.4, -0.2) is 37.1 Å². The molecule has 0 aliphatic heterocycles. The topological polar surface area (TPSA) is 92.0 Å². The average molecular weight is 354 g/mol. The van der Waals surface area contributed by atoms with Crippen molar-refractivity contribution in [3.8, 4) is 34.2 Å². The molecule has 0 amide bonds. The van der Waals surface area contributed by atoms with Gasteiger partial charge in [-0.15, -0.1) is 0 Å². The highest BCUT2D eigenvalue weighted by molar-refractivity contribution is 6.58. The molecule has 130 valence electrons. The Morgan fingerprint density at radius 1 is 0.593 bits per heavy atom. The van der Waals surface area contributed by atoms with E-state index in [9.17, 15) is 10.0 Å². The highest BCUT2D eigenvalue weighted by Crippen LogP contribution is 2.23. The van der Waals surface area contributed by atoms with E-state index >= 15 is 0 Å². The Bertz CT molecular complexity index is 985. The Morgan fingerprint density at radius 2 is 1.15 bits per heavy atom. The predicted octanol–water partition coefficient (Wildman–Crippen LogP) is 1.95. The number of rotatable bonds is 4. The summed E-state index contributed by atoms with van der Waals surface area (Å²) in [6, 6.07) is 20.2. The van der Waals surface area contributed by atoms with Gasteiger partial charge in [-0.3, -0.25) is 4.98 Å². The lowest BCUT2D eigenvalue weighted by atomic mass is 9.80. The van der Waals surface area contributed by atoms with Crippen molar-refractivity contribution < 1.29 is 10.0 Å². The molecular weight excluding hydrogens is 339 g/mol. The third-order valence-electron chi connectivity index (χ3n) is 4.05. The van der Waals surface area contributed by atoms with E-state index in [1.54, 1.807) is 36.7 Å². The minimum absolute atomic E-state index is 0.406. The average Bonchev–Trinajstić information content (AvgIpc) is 2.75. The molecule has 0 spiro atoms. The van der Waals surface area contributed by atoms with Crippen LogP contribution < -0.4 is 5.46 Å². The van der Waals surface area contributed by atoms with Crippen LogP contribution in [0.3, 0.4) is 0 Å². The molecule has 2 N–H and O–H groups in total. The number of benzene rings is 2. The monoisotopic (exact) mass is 354 g/mol. The van der Waals surface area contributed by atoms with Crippen LogP contribution in [0.2, 0.25) is 0 Å². The third kappa shape index (κ3) is 3.74. The summed E-state index contributed by atoms with van der Waals surface area (Å²) in [5.74, 6) is 1.59. The first-order valence-corrected chi connectivity index (χ1v) is 8.39. The zero-order chi connectivity index (χ0) is 18.6. The largest absolute Gasteiger partial charge is 0.488 e. The predicted molar refractivity (Wildman–Crippen MR) is 104 cm³/mol. The fourth-order valence-electron chi connectivity index (χ4n) is 2.65. The lowest BCUT2D eigenvalue weighted by molar-refractivity contribution is 0.426. The smallest absolute Gasteiger partial charge is 0.423 e. The van der Waals surface area contributed by atoms with Crippen LogP contribution in [0.25, 0.3) is 34.2 Å². The number of hydrogen-bond acceptors (Lipinski definition) is 6. The number of nitrogens with zero attached hydrogens (tertiary/aromatic N) is 4. The van der Waals surface area contributed by atoms with Crippen molar-refractivity contribution in [2.24, 2.45) is 0 Å². The zero-order valence-electron chi connectivity index (χ0n) is 14.3. The fraction of sp³-hybridized carbons (Fsp3) is 0. The van der Waals surface area contributed by atoms with Gasteiger partial charge in [0.2, 0.25) is 0 Å². The van der Waals surface area contributed by atoms with Gasteiger partial charge >= 0.3 is 7.12 Å². The summed E-state index contributed by atoms with van der Waals surface area (Å²) in [6.07, 6.45) is 3.40. The first-order valence-electron chi connectivity index (χ1n) is 8.39. The molecule has 7 heteroatoms. The van der Waals surface area contributed by atoms with Crippen molar-refractivity contribution in [1.82, 2.24) is 19.9 Å². The van der Waals surface area contributed by atoms with Gasteiger partial charge in [0.1, 0.15) is 0 Å². The van der Waals surface area contributed by atoms with Gasteiger partial charge in [-0.1, -0.05) is 54.6 Å². The first kappa shape index (κ1) is 17.0. The van der Waals surface area contributed by atoms with Crippen molar-refractivity contribution in [3.63, 3.8) is 0 Å². The molecule has 0 aliphatic carbocycles. The Balaban J connectivity index is 1.85. The number of hydrogen-bond donors (Lipinski definition) is 2. The first-order chi connectivity index (χ1) is 13.2. The molecule has 4 aromatic rings. The molecule has 27 heavy (non-hydrogen) atoms. The number of aromatic nitrogens is 4. The third-order valence-corrected chi connectivity index (χ3v) is 4.05. The van der Waals surface area contributed by atoms with Gasteiger partial charge in [-0.2, -0.15) is 0 Å². The van der Waals surface area contributed by atoms with Gasteiger partial charge in [-0.05, 0) is 17.6 Å². The van der Waals surface area contributed by atoms with E-state index in [0.717, 1.165) is 16.7 Å². The van der Waals surface area contributed by atoms with Gasteiger partial charge in [0.05, 0.1) is 0 Å². The van der Waals surface area contributed by atoms with E-state index in [1.165, 1.54) is 0 Å². The quantitative estimate of drug-likeness (QED) is 0.544. The van der Waals surface area contributed by atoms with Gasteiger partial charge in [0.25, 0.3) is 0 Å². The molecule has 0 saturated heterocycles. The van der Waals surface area contributed by atoms with Crippen LogP contribution in [-0.2, 0) is 0 Å². The highest BCUT2D eigenvalue weighted by Gasteiger charge is 2.14. The summed E-state index contributed by atoms with van der Waals surface area (Å²) < 4.78 is 0. The standard InChI is InChI=1S/C20H15BN4O2/c26-21(27)17-10-8-15(9-11-17)19-23-18(14-5-2-1-3-6-14)24-20(25-19)16-7-4-12-22-13-16/h1-13,26-27H. The molecule has 2 heterocycles. The number of pyridine rings is 1. The minimum Gasteiger partial charge on any atom is -0.423 e. The van der Waals surface area contributed by atoms with Crippen molar-refractivity contribution >= 4 is 12.6 Å². The van der Waals surface area contributed by atoms with Gasteiger partial charge < -0.3 is 10.0 Å². The van der Waals surface area contributed by atoms with E-state index in [0.29, 0.717) is 22.9 Å². The maximum atomic E-state index is 9.28. The van der Waals surface area contributed by atoms with E-state index in [1.807, 2.05) is 42.5 Å². The van der Waals surface area contributed by atoms with Crippen LogP contribution in [0.4, 0.5) is 0 Å². The van der Waals surface area contributed by atoms with Gasteiger partial charge in [-0.25, -0.2) is 15.0 Å². The van der Waals surface area contributed by atoms with Crippen LogP contribution in [0.1, 0.15) is 0 Å². The molecule has 2 aromatic carbocycles.